The molecule has 0 bridgehead atoms. The minimum atomic E-state index is -0.731. The van der Waals surface area contributed by atoms with Gasteiger partial charge >= 0.3 is 11.3 Å². The molecule has 0 spiro atoms. The van der Waals surface area contributed by atoms with E-state index in [1.165, 1.54) is 18.7 Å². The highest BCUT2D eigenvalue weighted by Gasteiger charge is 2.46. The number of fused-ring (bicyclic) bond motifs is 3. The van der Waals surface area contributed by atoms with Crippen molar-refractivity contribution < 1.29 is 19.0 Å². The zero-order valence-corrected chi connectivity index (χ0v) is 19.9. The number of thioether (sulfide) groups is 1. The molecule has 0 radical (unpaired) electrons. The Morgan fingerprint density at radius 1 is 1.18 bits per heavy atom. The molecule has 0 saturated carbocycles. The second-order valence-electron chi connectivity index (χ2n) is 7.62. The maximum atomic E-state index is 13.3. The van der Waals surface area contributed by atoms with Crippen LogP contribution in [-0.2, 0) is 4.79 Å². The highest BCUT2D eigenvalue weighted by atomic mass is 32.2. The molecule has 2 heterocycles. The monoisotopic (exact) mass is 467 g/mol. The van der Waals surface area contributed by atoms with Crippen LogP contribution in [0.1, 0.15) is 38.4 Å². The molecule has 0 aliphatic carbocycles. The van der Waals surface area contributed by atoms with Gasteiger partial charge in [-0.1, -0.05) is 43.3 Å². The molecule has 0 unspecified atom stereocenters. The van der Waals surface area contributed by atoms with E-state index in [1.54, 1.807) is 29.9 Å². The quantitative estimate of drug-likeness (QED) is 0.325. The topological polar surface area (TPSA) is 88.4 Å². The molecule has 9 heteroatoms. The minimum absolute atomic E-state index is 0.183. The molecule has 33 heavy (non-hydrogen) atoms. The Labute approximate surface area is 196 Å². The Bertz CT molecular complexity index is 1240. The molecule has 1 aromatic heterocycles. The molecule has 1 atom stereocenters. The largest absolute Gasteiger partial charge is 0.493 e. The number of methoxy groups -OCH3 is 2. The van der Waals surface area contributed by atoms with Gasteiger partial charge in [0.05, 0.1) is 31.0 Å². The number of unbranched alkanes of at least 4 members (excludes halogenated alkanes) is 1. The number of amides is 1. The zero-order chi connectivity index (χ0) is 23.5. The second-order valence-corrected chi connectivity index (χ2v) is 8.70. The van der Waals surface area contributed by atoms with Crippen LogP contribution >= 0.6 is 11.8 Å². The Morgan fingerprint density at radius 3 is 2.67 bits per heavy atom. The maximum Gasteiger partial charge on any atom is 0.325 e. The first kappa shape index (κ1) is 22.8. The first-order chi connectivity index (χ1) is 16.0. The molecule has 0 saturated heterocycles. The van der Waals surface area contributed by atoms with Crippen LogP contribution in [0.2, 0.25) is 0 Å². The van der Waals surface area contributed by atoms with E-state index in [0.29, 0.717) is 39.2 Å². The number of carbonyl (C=O) groups excluding carboxylic acids is 1. The van der Waals surface area contributed by atoms with Crippen LogP contribution in [0.5, 0.6) is 11.5 Å². The SMILES string of the molecule is CCCCSc1n[n+]2c(c(=O)[nH]1)-c1ccccc1N(C(C)=O)[C@H]2c1cccc(OC)c1OC. The second kappa shape index (κ2) is 9.66. The number of hydrogen-bond donors (Lipinski definition) is 1. The molecule has 1 aliphatic rings. The average molecular weight is 468 g/mol. The lowest BCUT2D eigenvalue weighted by molar-refractivity contribution is -0.763. The van der Waals surface area contributed by atoms with Crippen molar-refractivity contribution in [3.05, 3.63) is 58.4 Å². The predicted octanol–water partition coefficient (Wildman–Crippen LogP) is 3.55. The number of ether oxygens (including phenoxy) is 2. The van der Waals surface area contributed by atoms with Gasteiger partial charge in [0, 0.05) is 17.8 Å². The molecule has 1 aliphatic heterocycles. The van der Waals surface area contributed by atoms with Gasteiger partial charge < -0.3 is 9.47 Å². The number of H-pyrrole nitrogens is 1. The number of aromatic amines is 1. The molecule has 0 fully saturated rings. The first-order valence-electron chi connectivity index (χ1n) is 10.8. The number of aromatic nitrogens is 3. The van der Waals surface area contributed by atoms with Crippen LogP contribution in [0.3, 0.4) is 0 Å². The number of nitrogens with zero attached hydrogens (tertiary/aromatic N) is 3. The van der Waals surface area contributed by atoms with Gasteiger partial charge in [-0.05, 0) is 35.4 Å². The van der Waals surface area contributed by atoms with Gasteiger partial charge in [-0.2, -0.15) is 0 Å². The zero-order valence-electron chi connectivity index (χ0n) is 19.1. The van der Waals surface area contributed by atoms with Crippen molar-refractivity contribution in [3.8, 4) is 22.8 Å². The Kier molecular flexibility index (Phi) is 6.69. The molecule has 1 amide bonds. The number of carbonyl (C=O) groups is 1. The van der Waals surface area contributed by atoms with Crippen LogP contribution in [0.15, 0.2) is 52.4 Å². The van der Waals surface area contributed by atoms with Gasteiger partial charge in [0.1, 0.15) is 0 Å². The average Bonchev–Trinajstić information content (AvgIpc) is 2.82. The van der Waals surface area contributed by atoms with Crippen LogP contribution in [0.4, 0.5) is 5.69 Å². The molecule has 8 nitrogen and oxygen atoms in total. The molecule has 2 aromatic carbocycles. The van der Waals surface area contributed by atoms with Gasteiger partial charge in [-0.15, -0.1) is 0 Å². The molecular formula is C24H27N4O4S+. The highest BCUT2D eigenvalue weighted by Crippen LogP contribution is 2.42. The Hall–Kier alpha value is -3.33. The molecule has 4 rings (SSSR count). The summed E-state index contributed by atoms with van der Waals surface area (Å²) >= 11 is 1.49. The summed E-state index contributed by atoms with van der Waals surface area (Å²) in [6, 6.07) is 12.8. The third kappa shape index (κ3) is 4.08. The van der Waals surface area contributed by atoms with Crippen LogP contribution < -0.4 is 24.6 Å². The summed E-state index contributed by atoms with van der Waals surface area (Å²) in [5.41, 5.74) is 2.07. The molecule has 172 valence electrons. The summed E-state index contributed by atoms with van der Waals surface area (Å²) in [7, 11) is 3.12. The fourth-order valence-corrected chi connectivity index (χ4v) is 5.02. The minimum Gasteiger partial charge on any atom is -0.493 e. The Balaban J connectivity index is 2.02. The lowest BCUT2D eigenvalue weighted by atomic mass is 10.0. The summed E-state index contributed by atoms with van der Waals surface area (Å²) in [5, 5.41) is 5.31. The van der Waals surface area contributed by atoms with E-state index < -0.39 is 6.17 Å². The number of hydrogen-bond acceptors (Lipinski definition) is 6. The molecular weight excluding hydrogens is 440 g/mol. The molecule has 3 aromatic rings. The van der Waals surface area contributed by atoms with E-state index in [2.05, 4.69) is 11.9 Å². The normalized spacial score (nSPS) is 14.4. The van der Waals surface area contributed by atoms with Gasteiger partial charge in [0.2, 0.25) is 11.1 Å². The Morgan fingerprint density at radius 2 is 1.97 bits per heavy atom. The van der Waals surface area contributed by atoms with Crippen molar-refractivity contribution in [2.75, 3.05) is 24.9 Å². The van der Waals surface area contributed by atoms with Crippen molar-refractivity contribution in [1.82, 2.24) is 10.1 Å². The lowest BCUT2D eigenvalue weighted by Gasteiger charge is -2.32. The van der Waals surface area contributed by atoms with Crippen molar-refractivity contribution in [2.24, 2.45) is 0 Å². The standard InChI is InChI=1S/C24H26N4O4S/c1-5-6-14-33-24-25-22(30)20-16-10-7-8-12-18(16)27(15(2)29)23(28(20)26-24)17-11-9-13-19(31-3)21(17)32-4/h7-13,23H,5-6,14H2,1-4H3/p+1/t23-/m1/s1. The number of rotatable bonds is 7. The van der Waals surface area contributed by atoms with Crippen LogP contribution in [-0.4, -0.2) is 36.0 Å². The smallest absolute Gasteiger partial charge is 0.325 e. The summed E-state index contributed by atoms with van der Waals surface area (Å²) in [5.74, 6) is 1.66. The van der Waals surface area contributed by atoms with E-state index in [0.717, 1.165) is 18.6 Å². The molecule has 1 N–H and O–H groups in total. The van der Waals surface area contributed by atoms with Gasteiger partial charge in [0.25, 0.3) is 6.17 Å². The number of benzene rings is 2. The van der Waals surface area contributed by atoms with Crippen LogP contribution in [0.25, 0.3) is 11.3 Å². The number of nitrogens with one attached hydrogen (secondary N) is 1. The summed E-state index contributed by atoms with van der Waals surface area (Å²) in [4.78, 5) is 30.9. The third-order valence-electron chi connectivity index (χ3n) is 5.55. The van der Waals surface area contributed by atoms with Crippen LogP contribution in [0, 0.1) is 0 Å². The van der Waals surface area contributed by atoms with E-state index in [1.807, 2.05) is 36.4 Å². The van der Waals surface area contributed by atoms with Gasteiger partial charge in [-0.3, -0.25) is 14.6 Å². The fourth-order valence-electron chi connectivity index (χ4n) is 4.09. The lowest BCUT2D eigenvalue weighted by Crippen LogP contribution is -2.60. The predicted molar refractivity (Wildman–Crippen MR) is 127 cm³/mol. The van der Waals surface area contributed by atoms with Crippen molar-refractivity contribution in [1.29, 1.82) is 0 Å². The van der Waals surface area contributed by atoms with E-state index in [4.69, 9.17) is 14.6 Å². The van der Waals surface area contributed by atoms with E-state index in [9.17, 15) is 9.59 Å². The summed E-state index contributed by atoms with van der Waals surface area (Å²) in [6.45, 7) is 3.62. The highest BCUT2D eigenvalue weighted by molar-refractivity contribution is 7.99. The maximum absolute atomic E-state index is 13.3. The van der Waals surface area contributed by atoms with E-state index >= 15 is 0 Å². The van der Waals surface area contributed by atoms with Gasteiger partial charge in [0.15, 0.2) is 11.5 Å². The van der Waals surface area contributed by atoms with Gasteiger partial charge in [-0.25, -0.2) is 4.90 Å². The fraction of sp³-hybridized carbons (Fsp3) is 0.333. The number of anilines is 1. The van der Waals surface area contributed by atoms with E-state index in [-0.39, 0.29) is 11.5 Å². The summed E-state index contributed by atoms with van der Waals surface area (Å²) < 4.78 is 12.8. The van der Waals surface area contributed by atoms with Crippen molar-refractivity contribution in [3.63, 3.8) is 0 Å². The number of para-hydroxylation sites is 2. The van der Waals surface area contributed by atoms with Crippen molar-refractivity contribution >= 4 is 23.4 Å². The first-order valence-corrected chi connectivity index (χ1v) is 11.8. The summed E-state index contributed by atoms with van der Waals surface area (Å²) in [6.07, 6.45) is 1.32. The van der Waals surface area contributed by atoms with Crippen molar-refractivity contribution in [2.45, 2.75) is 38.0 Å². The third-order valence-corrected chi connectivity index (χ3v) is 6.50.